The summed E-state index contributed by atoms with van der Waals surface area (Å²) in [5, 5.41) is 12.7. The van der Waals surface area contributed by atoms with Crippen molar-refractivity contribution >= 4 is 17.7 Å². The first-order chi connectivity index (χ1) is 24.1. The molecular formula is C37H32F5N3O4S. The summed E-state index contributed by atoms with van der Waals surface area (Å²) in [6.07, 6.45) is 2.39. The van der Waals surface area contributed by atoms with Gasteiger partial charge >= 0.3 is 0 Å². The molecule has 0 aliphatic carbocycles. The summed E-state index contributed by atoms with van der Waals surface area (Å²) in [7, 11) is 1.93. The number of aliphatic hydroxyl groups is 1. The third kappa shape index (κ3) is 7.17. The van der Waals surface area contributed by atoms with Gasteiger partial charge in [-0.25, -0.2) is 26.9 Å². The summed E-state index contributed by atoms with van der Waals surface area (Å²) in [6, 6.07) is 21.9. The maximum absolute atomic E-state index is 14.2. The molecule has 1 amide bonds. The molecule has 2 heterocycles. The highest BCUT2D eigenvalue weighted by Crippen LogP contribution is 2.43. The molecule has 13 heteroatoms. The van der Waals surface area contributed by atoms with E-state index in [9.17, 15) is 31.9 Å². The number of aromatic nitrogens is 2. The lowest BCUT2D eigenvalue weighted by atomic mass is 9.91. The summed E-state index contributed by atoms with van der Waals surface area (Å²) in [5.74, 6) is -12.0. The molecule has 4 unspecified atom stereocenters. The Kier molecular flexibility index (Phi) is 10.7. The molecule has 4 aromatic carbocycles. The van der Waals surface area contributed by atoms with Gasteiger partial charge in [0.1, 0.15) is 5.56 Å². The number of ether oxygens (including phenoxy) is 2. The van der Waals surface area contributed by atoms with Crippen molar-refractivity contribution in [3.8, 4) is 11.1 Å². The van der Waals surface area contributed by atoms with Crippen molar-refractivity contribution in [3.63, 3.8) is 0 Å². The number of aliphatic hydroxyl groups excluding tert-OH is 1. The van der Waals surface area contributed by atoms with E-state index in [0.29, 0.717) is 16.9 Å². The average molecular weight is 710 g/mol. The summed E-state index contributed by atoms with van der Waals surface area (Å²) in [6.45, 7) is 1.76. The van der Waals surface area contributed by atoms with Gasteiger partial charge in [0, 0.05) is 43.2 Å². The second-order valence-electron chi connectivity index (χ2n) is 11.9. The van der Waals surface area contributed by atoms with Gasteiger partial charge in [-0.2, -0.15) is 0 Å². The number of aryl methyl sites for hydroxylation is 1. The van der Waals surface area contributed by atoms with E-state index < -0.39 is 46.8 Å². The molecule has 2 N–H and O–H groups in total. The minimum absolute atomic E-state index is 0.0230. The van der Waals surface area contributed by atoms with Crippen molar-refractivity contribution in [2.75, 3.05) is 5.75 Å². The smallest absolute Gasteiger partial charge is 0.257 e. The summed E-state index contributed by atoms with van der Waals surface area (Å²) in [4.78, 5) is 17.0. The number of nitrogens with one attached hydrogen (secondary N) is 1. The van der Waals surface area contributed by atoms with Crippen LogP contribution in [0.25, 0.3) is 11.1 Å². The highest BCUT2D eigenvalue weighted by Gasteiger charge is 2.38. The van der Waals surface area contributed by atoms with Crippen LogP contribution in [-0.2, 0) is 29.7 Å². The van der Waals surface area contributed by atoms with Crippen molar-refractivity contribution in [1.82, 2.24) is 14.9 Å². The summed E-state index contributed by atoms with van der Waals surface area (Å²) >= 11 is 1.59. The predicted octanol–water partition coefficient (Wildman–Crippen LogP) is 7.79. The second-order valence-corrected chi connectivity index (χ2v) is 12.8. The van der Waals surface area contributed by atoms with Crippen LogP contribution in [0.5, 0.6) is 0 Å². The maximum Gasteiger partial charge on any atom is 0.257 e. The molecule has 0 radical (unpaired) electrons. The van der Waals surface area contributed by atoms with E-state index in [2.05, 4.69) is 17.2 Å². The quantitative estimate of drug-likeness (QED) is 0.0667. The number of carbonyl (C=O) groups is 1. The van der Waals surface area contributed by atoms with Gasteiger partial charge in [-0.05, 0) is 27.8 Å². The Morgan fingerprint density at radius 3 is 2.16 bits per heavy atom. The molecule has 6 rings (SSSR count). The molecule has 0 saturated carbocycles. The van der Waals surface area contributed by atoms with E-state index in [4.69, 9.17) is 9.47 Å². The van der Waals surface area contributed by atoms with Crippen LogP contribution >= 0.6 is 11.8 Å². The lowest BCUT2D eigenvalue weighted by molar-refractivity contribution is -0.268. The van der Waals surface area contributed by atoms with Gasteiger partial charge in [0.15, 0.2) is 34.7 Å². The Labute approximate surface area is 289 Å². The number of imidazole rings is 1. The molecule has 260 valence electrons. The fraction of sp³-hybridized carbons (Fsp3) is 0.243. The Hall–Kier alpha value is -4.56. The van der Waals surface area contributed by atoms with E-state index in [1.54, 1.807) is 42.2 Å². The van der Waals surface area contributed by atoms with Crippen molar-refractivity contribution in [3.05, 3.63) is 142 Å². The fourth-order valence-electron chi connectivity index (χ4n) is 5.80. The Morgan fingerprint density at radius 2 is 1.52 bits per heavy atom. The standard InChI is InChI=1S/C37H32F5N3O4S/c1-20-27(19-50-37-43-15-16-45(37)2)48-36(49-34(20)23-9-7-21(18-46)8-10-23)24-13-11-22(12-14-24)26-6-4-3-5-25(26)17-44-35(47)28-29(38)31(40)33(42)32(41)30(28)39/h3-16,20,27,34,36,46H,17-19H2,1-2H3,(H,44,47). The topological polar surface area (TPSA) is 85.6 Å². The molecule has 7 nitrogen and oxygen atoms in total. The van der Waals surface area contributed by atoms with Gasteiger partial charge in [0.05, 0.1) is 18.8 Å². The molecule has 5 aromatic rings. The van der Waals surface area contributed by atoms with Crippen LogP contribution in [0.15, 0.2) is 90.3 Å². The lowest BCUT2D eigenvalue weighted by Crippen LogP contribution is -2.38. The van der Waals surface area contributed by atoms with Gasteiger partial charge in [0.25, 0.3) is 5.91 Å². The number of amides is 1. The van der Waals surface area contributed by atoms with Crippen molar-refractivity contribution in [2.45, 2.75) is 43.7 Å². The first kappa shape index (κ1) is 35.3. The maximum atomic E-state index is 14.2. The van der Waals surface area contributed by atoms with Crippen molar-refractivity contribution in [2.24, 2.45) is 13.0 Å². The van der Waals surface area contributed by atoms with Crippen LogP contribution in [0.2, 0.25) is 0 Å². The average Bonchev–Trinajstić information content (AvgIpc) is 3.56. The third-order valence-electron chi connectivity index (χ3n) is 8.66. The van der Waals surface area contributed by atoms with Gasteiger partial charge in [-0.1, -0.05) is 91.5 Å². The predicted molar refractivity (Wildman–Crippen MR) is 176 cm³/mol. The minimum Gasteiger partial charge on any atom is -0.392 e. The van der Waals surface area contributed by atoms with Gasteiger partial charge in [0.2, 0.25) is 5.82 Å². The number of benzene rings is 4. The number of nitrogens with zero attached hydrogens (tertiary/aromatic N) is 2. The highest BCUT2D eigenvalue weighted by molar-refractivity contribution is 7.99. The molecule has 4 atom stereocenters. The first-order valence-electron chi connectivity index (χ1n) is 15.7. The normalized spacial score (nSPS) is 19.0. The van der Waals surface area contributed by atoms with Crippen LogP contribution in [0, 0.1) is 35.0 Å². The van der Waals surface area contributed by atoms with Crippen LogP contribution in [-0.4, -0.2) is 32.4 Å². The number of halogens is 5. The third-order valence-corrected chi connectivity index (χ3v) is 9.81. The van der Waals surface area contributed by atoms with Crippen LogP contribution < -0.4 is 5.32 Å². The highest BCUT2D eigenvalue weighted by atomic mass is 32.2. The second kappa shape index (κ2) is 15.1. The first-order valence-corrected chi connectivity index (χ1v) is 16.6. The lowest BCUT2D eigenvalue weighted by Gasteiger charge is -2.41. The monoisotopic (exact) mass is 709 g/mol. The Balaban J connectivity index is 1.22. The van der Waals surface area contributed by atoms with E-state index in [1.165, 1.54) is 0 Å². The SMILES string of the molecule is CC1C(CSc2nccn2C)OC(c2ccc(-c3ccccc3CNC(=O)c3c(F)c(F)c(F)c(F)c3F)cc2)OC1c1ccc(CO)cc1. The molecule has 50 heavy (non-hydrogen) atoms. The van der Waals surface area contributed by atoms with Crippen molar-refractivity contribution in [1.29, 1.82) is 0 Å². The van der Waals surface area contributed by atoms with Crippen LogP contribution in [0.4, 0.5) is 22.0 Å². The van der Waals surface area contributed by atoms with E-state index >= 15 is 0 Å². The zero-order valence-electron chi connectivity index (χ0n) is 26.9. The number of carbonyl (C=O) groups excluding carboxylic acids is 1. The zero-order chi connectivity index (χ0) is 35.5. The van der Waals surface area contributed by atoms with Gasteiger partial charge in [-0.3, -0.25) is 4.79 Å². The number of thioether (sulfide) groups is 1. The van der Waals surface area contributed by atoms with Crippen LogP contribution in [0.3, 0.4) is 0 Å². The van der Waals surface area contributed by atoms with E-state index in [1.807, 2.05) is 66.3 Å². The fourth-order valence-corrected chi connectivity index (χ4v) is 6.90. The van der Waals surface area contributed by atoms with Gasteiger partial charge in [-0.15, -0.1) is 0 Å². The summed E-state index contributed by atoms with van der Waals surface area (Å²) in [5.41, 5.74) is 2.88. The zero-order valence-corrected chi connectivity index (χ0v) is 27.7. The molecule has 1 aliphatic rings. The molecular weight excluding hydrogens is 677 g/mol. The molecule has 0 spiro atoms. The number of hydrogen-bond donors (Lipinski definition) is 2. The number of rotatable bonds is 10. The number of hydrogen-bond acceptors (Lipinski definition) is 6. The van der Waals surface area contributed by atoms with E-state index in [-0.39, 0.29) is 31.3 Å². The Morgan fingerprint density at radius 1 is 0.880 bits per heavy atom. The summed E-state index contributed by atoms with van der Waals surface area (Å²) < 4.78 is 84.3. The molecule has 1 saturated heterocycles. The Bertz CT molecular complexity index is 1960. The molecule has 1 fully saturated rings. The molecule has 0 bridgehead atoms. The molecule has 1 aromatic heterocycles. The van der Waals surface area contributed by atoms with E-state index in [0.717, 1.165) is 27.4 Å². The van der Waals surface area contributed by atoms with Crippen molar-refractivity contribution < 1.29 is 41.3 Å². The minimum atomic E-state index is -2.34. The van der Waals surface area contributed by atoms with Crippen LogP contribution in [0.1, 0.15) is 51.9 Å². The molecule has 1 aliphatic heterocycles. The van der Waals surface area contributed by atoms with Gasteiger partial charge < -0.3 is 24.5 Å². The largest absolute Gasteiger partial charge is 0.392 e.